The number of benzene rings is 2. The van der Waals surface area contributed by atoms with E-state index < -0.39 is 25.8 Å². The van der Waals surface area contributed by atoms with Gasteiger partial charge in [0.25, 0.3) is 5.91 Å². The Hall–Kier alpha value is -2.39. The summed E-state index contributed by atoms with van der Waals surface area (Å²) in [4.78, 5) is 12.3. The number of sulfonamides is 1. The molecular weight excluding hydrogens is 376 g/mol. The average molecular weight is 396 g/mol. The number of hydrogen-bond acceptors (Lipinski definition) is 5. The van der Waals surface area contributed by atoms with E-state index in [9.17, 15) is 21.6 Å². The largest absolute Gasteiger partial charge is 0.322 e. The van der Waals surface area contributed by atoms with Gasteiger partial charge in [-0.2, -0.15) is 0 Å². The minimum atomic E-state index is -3.37. The molecule has 0 bridgehead atoms. The Bertz CT molecular complexity index is 980. The molecule has 0 aliphatic carbocycles. The van der Waals surface area contributed by atoms with Crippen LogP contribution in [0.4, 0.5) is 11.4 Å². The number of hydrogen-bond donors (Lipinski definition) is 2. The molecule has 0 atom stereocenters. The Balaban J connectivity index is 2.05. The summed E-state index contributed by atoms with van der Waals surface area (Å²) < 4.78 is 48.8. The average Bonchev–Trinajstić information content (AvgIpc) is 2.55. The van der Waals surface area contributed by atoms with Gasteiger partial charge in [-0.25, -0.2) is 16.8 Å². The molecule has 0 aliphatic rings. The van der Waals surface area contributed by atoms with Crippen molar-refractivity contribution in [3.63, 3.8) is 0 Å². The molecule has 0 aromatic heterocycles. The van der Waals surface area contributed by atoms with Crippen LogP contribution in [0.2, 0.25) is 0 Å². The normalized spacial score (nSPS) is 11.8. The van der Waals surface area contributed by atoms with E-state index in [1.54, 1.807) is 31.2 Å². The highest BCUT2D eigenvalue weighted by molar-refractivity contribution is 7.92. The fourth-order valence-electron chi connectivity index (χ4n) is 2.18. The highest BCUT2D eigenvalue weighted by Gasteiger charge is 2.11. The smallest absolute Gasteiger partial charge is 0.255 e. The van der Waals surface area contributed by atoms with Crippen molar-refractivity contribution < 1.29 is 21.6 Å². The zero-order valence-electron chi connectivity index (χ0n) is 14.4. The first kappa shape index (κ1) is 19.9. The standard InChI is InChI=1S/C17H20N2O5S2/c1-3-12-26(23,24)19-15-8-6-14(7-9-15)18-17(20)13-4-10-16(11-5-13)25(2,21)22/h4-11,19H,3,12H2,1-2H3,(H,18,20). The van der Waals surface area contributed by atoms with Gasteiger partial charge in [-0.15, -0.1) is 0 Å². The molecule has 9 heteroatoms. The number of carbonyl (C=O) groups excluding carboxylic acids is 1. The van der Waals surface area contributed by atoms with Gasteiger partial charge in [0.1, 0.15) is 0 Å². The van der Waals surface area contributed by atoms with Gasteiger partial charge in [0.15, 0.2) is 9.84 Å². The number of sulfone groups is 1. The van der Waals surface area contributed by atoms with E-state index in [2.05, 4.69) is 10.0 Å². The highest BCUT2D eigenvalue weighted by atomic mass is 32.2. The summed E-state index contributed by atoms with van der Waals surface area (Å²) in [7, 11) is -6.68. The zero-order chi connectivity index (χ0) is 19.4. The van der Waals surface area contributed by atoms with E-state index in [0.717, 1.165) is 6.26 Å². The Labute approximate surface area is 153 Å². The van der Waals surface area contributed by atoms with Crippen molar-refractivity contribution in [2.24, 2.45) is 0 Å². The number of nitrogens with one attached hydrogen (secondary N) is 2. The lowest BCUT2D eigenvalue weighted by atomic mass is 10.2. The molecule has 2 N–H and O–H groups in total. The molecule has 0 saturated heterocycles. The third kappa shape index (κ3) is 5.57. The van der Waals surface area contributed by atoms with Gasteiger partial charge in [-0.05, 0) is 55.0 Å². The maximum absolute atomic E-state index is 12.2. The van der Waals surface area contributed by atoms with E-state index in [1.807, 2.05) is 0 Å². The van der Waals surface area contributed by atoms with Crippen LogP contribution >= 0.6 is 0 Å². The van der Waals surface area contributed by atoms with Crippen LogP contribution in [-0.4, -0.2) is 34.8 Å². The maximum Gasteiger partial charge on any atom is 0.255 e. The van der Waals surface area contributed by atoms with Gasteiger partial charge in [-0.1, -0.05) is 6.92 Å². The first-order valence-corrected chi connectivity index (χ1v) is 11.4. The molecule has 2 aromatic carbocycles. The van der Waals surface area contributed by atoms with Gasteiger partial charge in [0.05, 0.1) is 10.6 Å². The van der Waals surface area contributed by atoms with Crippen LogP contribution in [0.25, 0.3) is 0 Å². The van der Waals surface area contributed by atoms with Crippen molar-refractivity contribution in [3.05, 3.63) is 54.1 Å². The first-order valence-electron chi connectivity index (χ1n) is 7.83. The second-order valence-corrected chi connectivity index (χ2v) is 9.61. The molecule has 2 aromatic rings. The second-order valence-electron chi connectivity index (χ2n) is 5.75. The fourth-order valence-corrected chi connectivity index (χ4v) is 3.94. The molecule has 0 aliphatic heterocycles. The van der Waals surface area contributed by atoms with Crippen LogP contribution in [0.3, 0.4) is 0 Å². The van der Waals surface area contributed by atoms with E-state index in [-0.39, 0.29) is 10.6 Å². The van der Waals surface area contributed by atoms with Crippen LogP contribution in [0.5, 0.6) is 0 Å². The predicted molar refractivity (Wildman–Crippen MR) is 102 cm³/mol. The van der Waals surface area contributed by atoms with Gasteiger partial charge in [0, 0.05) is 23.2 Å². The SMILES string of the molecule is CCCS(=O)(=O)Nc1ccc(NC(=O)c2ccc(S(C)(=O)=O)cc2)cc1. The molecule has 0 unspecified atom stereocenters. The second kappa shape index (κ2) is 7.88. The van der Waals surface area contributed by atoms with E-state index in [1.165, 1.54) is 24.3 Å². The van der Waals surface area contributed by atoms with Crippen molar-refractivity contribution in [1.29, 1.82) is 0 Å². The number of carbonyl (C=O) groups is 1. The summed E-state index contributed by atoms with van der Waals surface area (Å²) in [6, 6.07) is 11.9. The maximum atomic E-state index is 12.2. The molecule has 0 heterocycles. The summed E-state index contributed by atoms with van der Waals surface area (Å²) >= 11 is 0. The Morgan fingerprint density at radius 3 is 1.92 bits per heavy atom. The van der Waals surface area contributed by atoms with Crippen LogP contribution in [0.15, 0.2) is 53.4 Å². The van der Waals surface area contributed by atoms with Crippen LogP contribution in [0.1, 0.15) is 23.7 Å². The molecule has 0 radical (unpaired) electrons. The van der Waals surface area contributed by atoms with Gasteiger partial charge < -0.3 is 5.32 Å². The third-order valence-corrected chi connectivity index (χ3v) is 6.05. The van der Waals surface area contributed by atoms with E-state index in [4.69, 9.17) is 0 Å². The Morgan fingerprint density at radius 2 is 1.42 bits per heavy atom. The summed E-state index contributed by atoms with van der Waals surface area (Å²) in [5, 5.41) is 2.67. The molecule has 0 fully saturated rings. The first-order chi connectivity index (χ1) is 12.1. The number of rotatable bonds is 7. The summed E-state index contributed by atoms with van der Waals surface area (Å²) in [6.45, 7) is 1.78. The summed E-state index contributed by atoms with van der Waals surface area (Å²) in [5.74, 6) is -0.362. The van der Waals surface area contributed by atoms with E-state index >= 15 is 0 Å². The quantitative estimate of drug-likeness (QED) is 0.747. The molecule has 0 saturated carbocycles. The van der Waals surface area contributed by atoms with Crippen molar-refractivity contribution in [2.45, 2.75) is 18.2 Å². The molecule has 1 amide bonds. The van der Waals surface area contributed by atoms with Gasteiger partial charge in [0.2, 0.25) is 10.0 Å². The summed E-state index contributed by atoms with van der Waals surface area (Å²) in [5.41, 5.74) is 1.21. The van der Waals surface area contributed by atoms with Crippen molar-refractivity contribution in [1.82, 2.24) is 0 Å². The molecule has 2 rings (SSSR count). The monoisotopic (exact) mass is 396 g/mol. The molecule has 140 valence electrons. The van der Waals surface area contributed by atoms with Crippen LogP contribution in [0, 0.1) is 0 Å². The topological polar surface area (TPSA) is 109 Å². The Morgan fingerprint density at radius 1 is 0.885 bits per heavy atom. The molecule has 26 heavy (non-hydrogen) atoms. The number of amides is 1. The van der Waals surface area contributed by atoms with Crippen LogP contribution in [-0.2, 0) is 19.9 Å². The molecule has 0 spiro atoms. The Kier molecular flexibility index (Phi) is 6.04. The summed E-state index contributed by atoms with van der Waals surface area (Å²) in [6.07, 6.45) is 1.61. The lowest BCUT2D eigenvalue weighted by Crippen LogP contribution is -2.16. The minimum absolute atomic E-state index is 0.0367. The van der Waals surface area contributed by atoms with Crippen molar-refractivity contribution in [3.8, 4) is 0 Å². The lowest BCUT2D eigenvalue weighted by molar-refractivity contribution is 0.102. The number of anilines is 2. The van der Waals surface area contributed by atoms with Gasteiger partial charge >= 0.3 is 0 Å². The van der Waals surface area contributed by atoms with E-state index in [0.29, 0.717) is 23.4 Å². The highest BCUT2D eigenvalue weighted by Crippen LogP contribution is 2.17. The predicted octanol–water partition coefficient (Wildman–Crippen LogP) is 2.49. The minimum Gasteiger partial charge on any atom is -0.322 e. The third-order valence-electron chi connectivity index (χ3n) is 3.43. The van der Waals surface area contributed by atoms with Crippen molar-refractivity contribution in [2.75, 3.05) is 22.0 Å². The van der Waals surface area contributed by atoms with Crippen LogP contribution < -0.4 is 10.0 Å². The van der Waals surface area contributed by atoms with Crippen molar-refractivity contribution >= 4 is 37.1 Å². The fraction of sp³-hybridized carbons (Fsp3) is 0.235. The molecule has 7 nitrogen and oxygen atoms in total. The van der Waals surface area contributed by atoms with Gasteiger partial charge in [-0.3, -0.25) is 9.52 Å². The molecular formula is C17H20N2O5S2. The zero-order valence-corrected chi connectivity index (χ0v) is 16.0. The lowest BCUT2D eigenvalue weighted by Gasteiger charge is -2.09.